The molecule has 0 atom stereocenters. The minimum atomic E-state index is -3.75. The fraction of sp³-hybridized carbons (Fsp3) is 0.633. The second-order valence-electron chi connectivity index (χ2n) is 12.6. The van der Waals surface area contributed by atoms with Crippen LogP contribution < -0.4 is 15.0 Å². The minimum Gasteiger partial charge on any atom is -0.496 e. The number of ether oxygens (including phenoxy) is 2. The molecule has 2 heterocycles. The minimum absolute atomic E-state index is 0.101. The molecule has 0 aromatic heterocycles. The first-order valence-electron chi connectivity index (χ1n) is 14.4. The van der Waals surface area contributed by atoms with Crippen LogP contribution in [0.1, 0.15) is 77.3 Å². The highest BCUT2D eigenvalue weighted by molar-refractivity contribution is 7.92. The number of nitrogens with zero attached hydrogens (tertiary/aromatic N) is 3. The Kier molecular flexibility index (Phi) is 8.90. The number of sulfonamides is 1. The van der Waals surface area contributed by atoms with E-state index in [-0.39, 0.29) is 24.9 Å². The second-order valence-corrected chi connectivity index (χ2v) is 14.4. The van der Waals surface area contributed by atoms with E-state index < -0.39 is 27.3 Å². The molecule has 1 spiro atoms. The summed E-state index contributed by atoms with van der Waals surface area (Å²) in [4.78, 5) is 31.8. The van der Waals surface area contributed by atoms with Gasteiger partial charge >= 0.3 is 6.09 Å². The lowest BCUT2D eigenvalue weighted by atomic mass is 9.82. The largest absolute Gasteiger partial charge is 0.496 e. The first-order chi connectivity index (χ1) is 19.1. The van der Waals surface area contributed by atoms with E-state index in [0.29, 0.717) is 35.8 Å². The van der Waals surface area contributed by atoms with Crippen molar-refractivity contribution in [3.8, 4) is 5.75 Å². The summed E-state index contributed by atoms with van der Waals surface area (Å²) >= 11 is 0. The summed E-state index contributed by atoms with van der Waals surface area (Å²) in [5.41, 5.74) is 0.384. The molecule has 1 aromatic carbocycles. The third-order valence-electron chi connectivity index (χ3n) is 8.33. The average molecular weight is 589 g/mol. The Labute approximate surface area is 244 Å². The van der Waals surface area contributed by atoms with Crippen LogP contribution in [0.5, 0.6) is 5.75 Å². The maximum atomic E-state index is 13.3. The van der Waals surface area contributed by atoms with E-state index in [2.05, 4.69) is 12.2 Å². The number of benzene rings is 1. The maximum Gasteiger partial charge on any atom is 0.414 e. The molecule has 1 N–H and O–H groups in total. The number of anilines is 1. The molecule has 0 bridgehead atoms. The van der Waals surface area contributed by atoms with E-state index >= 15 is 0 Å². The number of rotatable bonds is 6. The molecule has 226 valence electrons. The number of aryl methyl sites for hydroxylation is 1. The molecule has 3 aliphatic rings. The molecule has 41 heavy (non-hydrogen) atoms. The van der Waals surface area contributed by atoms with Crippen LogP contribution in [-0.2, 0) is 19.6 Å². The smallest absolute Gasteiger partial charge is 0.414 e. The number of piperidine rings is 1. The monoisotopic (exact) mass is 588 g/mol. The molecule has 2 aliphatic heterocycles. The van der Waals surface area contributed by atoms with Crippen LogP contribution >= 0.6 is 0 Å². The van der Waals surface area contributed by atoms with Gasteiger partial charge in [0.15, 0.2) is 0 Å². The Morgan fingerprint density at radius 2 is 1.80 bits per heavy atom. The quantitative estimate of drug-likeness (QED) is 0.507. The van der Waals surface area contributed by atoms with Crippen LogP contribution in [0.4, 0.5) is 10.5 Å². The molecular formula is C30H44N4O6S. The molecule has 1 saturated heterocycles. The normalized spacial score (nSPS) is 23.4. The number of amides is 2. The number of amidine groups is 1. The van der Waals surface area contributed by atoms with Crippen LogP contribution in [0, 0.1) is 18.8 Å². The van der Waals surface area contributed by atoms with Gasteiger partial charge in [0.25, 0.3) is 5.91 Å². The van der Waals surface area contributed by atoms with Crippen molar-refractivity contribution in [2.75, 3.05) is 32.1 Å². The summed E-state index contributed by atoms with van der Waals surface area (Å²) in [6.45, 7) is 9.91. The van der Waals surface area contributed by atoms with E-state index in [4.69, 9.17) is 14.5 Å². The Hall–Kier alpha value is -2.92. The van der Waals surface area contributed by atoms with E-state index in [1.165, 1.54) is 27.8 Å². The van der Waals surface area contributed by atoms with Crippen LogP contribution in [0.3, 0.4) is 0 Å². The van der Waals surface area contributed by atoms with Crippen molar-refractivity contribution in [2.45, 2.75) is 84.3 Å². The van der Waals surface area contributed by atoms with Gasteiger partial charge in [-0.05, 0) is 77.0 Å². The fourth-order valence-electron chi connectivity index (χ4n) is 5.72. The van der Waals surface area contributed by atoms with Gasteiger partial charge in [-0.2, -0.15) is 4.31 Å². The third-order valence-corrected chi connectivity index (χ3v) is 9.89. The van der Waals surface area contributed by atoms with Gasteiger partial charge in [-0.3, -0.25) is 14.7 Å². The molecular weight excluding hydrogens is 544 g/mol. The zero-order valence-corrected chi connectivity index (χ0v) is 26.1. The summed E-state index contributed by atoms with van der Waals surface area (Å²) in [6.07, 6.45) is 6.06. The first-order valence-corrected chi connectivity index (χ1v) is 15.9. The molecule has 0 radical (unpaired) electrons. The molecule has 11 heteroatoms. The molecule has 0 unspecified atom stereocenters. The summed E-state index contributed by atoms with van der Waals surface area (Å²) in [6, 6.07) is 3.46. The van der Waals surface area contributed by atoms with Gasteiger partial charge in [-0.25, -0.2) is 13.2 Å². The zero-order chi connectivity index (χ0) is 30.2. The first kappa shape index (κ1) is 31.0. The third kappa shape index (κ3) is 6.94. The van der Waals surface area contributed by atoms with Crippen molar-refractivity contribution in [2.24, 2.45) is 16.8 Å². The van der Waals surface area contributed by atoms with Gasteiger partial charge in [-0.1, -0.05) is 19.8 Å². The molecule has 10 nitrogen and oxygen atoms in total. The van der Waals surface area contributed by atoms with Crippen molar-refractivity contribution in [3.05, 3.63) is 28.7 Å². The average Bonchev–Trinajstić information content (AvgIpc) is 3.21. The lowest BCUT2D eigenvalue weighted by Crippen LogP contribution is -2.50. The molecule has 1 aliphatic carbocycles. The number of aliphatic imine (C=N–C) groups is 1. The highest BCUT2D eigenvalue weighted by atomic mass is 32.2. The summed E-state index contributed by atoms with van der Waals surface area (Å²) in [5, 5.41) is 4.21. The number of methoxy groups -OCH3 is 1. The van der Waals surface area contributed by atoms with Gasteiger partial charge in [0.1, 0.15) is 22.7 Å². The van der Waals surface area contributed by atoms with Gasteiger partial charge in [-0.15, -0.1) is 0 Å². The standard InChI is InChI=1S/C30H44N4O6S/c1-20-8-10-22(11-9-20)26-31-27(35)30(32-26)13-15-34(16-14-30)41(37,38)17-12-24-21(2)18-23(19-25(24)39-7)33(6)28(36)40-29(3,4)5/h12,17-20,22H,8-11,13-16H2,1-7H3,(H,31,32,35). The van der Waals surface area contributed by atoms with Gasteiger partial charge in [0.2, 0.25) is 10.0 Å². The Morgan fingerprint density at radius 3 is 2.39 bits per heavy atom. The maximum absolute atomic E-state index is 13.3. The Balaban J connectivity index is 1.45. The van der Waals surface area contributed by atoms with Gasteiger partial charge in [0.05, 0.1) is 12.8 Å². The van der Waals surface area contributed by atoms with Crippen molar-refractivity contribution in [1.82, 2.24) is 9.62 Å². The Morgan fingerprint density at radius 1 is 1.17 bits per heavy atom. The van der Waals surface area contributed by atoms with Crippen molar-refractivity contribution >= 4 is 39.6 Å². The summed E-state index contributed by atoms with van der Waals surface area (Å²) in [5.74, 6) is 2.12. The van der Waals surface area contributed by atoms with Crippen LogP contribution in [0.2, 0.25) is 0 Å². The summed E-state index contributed by atoms with van der Waals surface area (Å²) in [7, 11) is -0.648. The van der Waals surface area contributed by atoms with Crippen LogP contribution in [0.25, 0.3) is 6.08 Å². The SMILES string of the molecule is COc1cc(N(C)C(=O)OC(C)(C)C)cc(C)c1C=CS(=O)(=O)N1CCC2(CC1)N=C(C1CCC(C)CC1)NC2=O. The number of nitrogens with one attached hydrogen (secondary N) is 1. The Bertz CT molecular complexity index is 1330. The van der Waals surface area contributed by atoms with Crippen molar-refractivity contribution < 1.29 is 27.5 Å². The molecule has 1 saturated carbocycles. The predicted molar refractivity (Wildman–Crippen MR) is 161 cm³/mol. The fourth-order valence-corrected chi connectivity index (χ4v) is 6.89. The molecule has 2 fully saturated rings. The lowest BCUT2D eigenvalue weighted by molar-refractivity contribution is -0.125. The van der Waals surface area contributed by atoms with Gasteiger partial charge < -0.3 is 14.8 Å². The number of hydrogen-bond donors (Lipinski definition) is 1. The zero-order valence-electron chi connectivity index (χ0n) is 25.3. The van der Waals surface area contributed by atoms with Crippen LogP contribution in [0.15, 0.2) is 22.5 Å². The second kappa shape index (κ2) is 11.8. The van der Waals surface area contributed by atoms with E-state index in [9.17, 15) is 18.0 Å². The van der Waals surface area contributed by atoms with Crippen molar-refractivity contribution in [1.29, 1.82) is 0 Å². The summed E-state index contributed by atoms with van der Waals surface area (Å²) < 4.78 is 39.0. The topological polar surface area (TPSA) is 118 Å². The highest BCUT2D eigenvalue weighted by Gasteiger charge is 2.48. The molecule has 2 amide bonds. The van der Waals surface area contributed by atoms with Crippen LogP contribution in [-0.4, -0.2) is 68.9 Å². The molecule has 1 aromatic rings. The van der Waals surface area contributed by atoms with Crippen molar-refractivity contribution in [3.63, 3.8) is 0 Å². The van der Waals surface area contributed by atoms with Gasteiger partial charge in [0, 0.05) is 43.1 Å². The van der Waals surface area contributed by atoms with E-state index in [0.717, 1.165) is 37.1 Å². The van der Waals surface area contributed by atoms with E-state index in [1.54, 1.807) is 40.0 Å². The molecule has 4 rings (SSSR count). The predicted octanol–water partition coefficient (Wildman–Crippen LogP) is 4.86. The number of hydrogen-bond acceptors (Lipinski definition) is 7. The lowest BCUT2D eigenvalue weighted by Gasteiger charge is -2.34. The highest BCUT2D eigenvalue weighted by Crippen LogP contribution is 2.36. The number of carbonyl (C=O) groups excluding carboxylic acids is 2. The van der Waals surface area contributed by atoms with E-state index in [1.807, 2.05) is 6.92 Å². The number of carbonyl (C=O) groups is 2.